The van der Waals surface area contributed by atoms with Crippen molar-refractivity contribution in [3.8, 4) is 23.0 Å². The number of fused-ring (bicyclic) bond motifs is 4. The lowest BCUT2D eigenvalue weighted by Gasteiger charge is -2.45. The molecular weight excluding hydrogens is 424 g/mol. The fourth-order valence-electron chi connectivity index (χ4n) is 8.80. The lowest BCUT2D eigenvalue weighted by atomic mass is 9.57. The van der Waals surface area contributed by atoms with Crippen molar-refractivity contribution in [3.63, 3.8) is 0 Å². The summed E-state index contributed by atoms with van der Waals surface area (Å²) in [5.74, 6) is 1.58. The molecule has 0 heterocycles. The molecule has 0 fully saturated rings. The highest BCUT2D eigenvalue weighted by Crippen LogP contribution is 2.71. The smallest absolute Gasteiger partial charge is 0.123 e. The van der Waals surface area contributed by atoms with Gasteiger partial charge in [-0.25, -0.2) is 0 Å². The molecule has 4 nitrogen and oxygen atoms in total. The average molecular weight is 467 g/mol. The Hall–Kier alpha value is -2.36. The maximum absolute atomic E-state index is 11.3. The molecule has 2 aliphatic carbocycles. The summed E-state index contributed by atoms with van der Waals surface area (Å²) in [5, 5.41) is 43.8. The van der Waals surface area contributed by atoms with Gasteiger partial charge in [0, 0.05) is 34.1 Å². The number of phenolic OH excluding ortho intramolecular Hbond substituents is 4. The normalized spacial score (nSPS) is 30.0. The van der Waals surface area contributed by atoms with Crippen molar-refractivity contribution in [2.24, 2.45) is 23.7 Å². The van der Waals surface area contributed by atoms with E-state index in [4.69, 9.17) is 0 Å². The number of hydrogen-bond acceptors (Lipinski definition) is 4. The van der Waals surface area contributed by atoms with Crippen LogP contribution in [0.25, 0.3) is 0 Å². The Labute approximate surface area is 204 Å². The molecule has 0 bridgehead atoms. The second-order valence-electron chi connectivity index (χ2n) is 12.8. The van der Waals surface area contributed by atoms with Crippen LogP contribution in [-0.2, 0) is 16.2 Å². The largest absolute Gasteiger partial charge is 0.508 e. The lowest BCUT2D eigenvalue weighted by Crippen LogP contribution is -2.44. The van der Waals surface area contributed by atoms with Crippen LogP contribution in [0.4, 0.5) is 0 Å². The van der Waals surface area contributed by atoms with Gasteiger partial charge in [0.05, 0.1) is 0 Å². The Morgan fingerprint density at radius 1 is 0.735 bits per heavy atom. The molecule has 0 amide bonds. The van der Waals surface area contributed by atoms with Gasteiger partial charge in [0.1, 0.15) is 23.0 Å². The molecule has 4 rings (SSSR count). The van der Waals surface area contributed by atoms with Crippen LogP contribution in [-0.4, -0.2) is 20.4 Å². The van der Waals surface area contributed by atoms with Gasteiger partial charge in [-0.2, -0.15) is 0 Å². The fourth-order valence-corrected chi connectivity index (χ4v) is 8.80. The Balaban J connectivity index is 2.17. The zero-order chi connectivity index (χ0) is 25.4. The van der Waals surface area contributed by atoms with Crippen LogP contribution in [0.1, 0.15) is 96.9 Å². The van der Waals surface area contributed by atoms with Crippen molar-refractivity contribution in [3.05, 3.63) is 46.5 Å². The lowest BCUT2D eigenvalue weighted by molar-refractivity contribution is 0.126. The van der Waals surface area contributed by atoms with Crippen LogP contribution < -0.4 is 0 Å². The van der Waals surface area contributed by atoms with E-state index in [9.17, 15) is 20.4 Å². The highest BCUT2D eigenvalue weighted by Gasteiger charge is 2.66. The Kier molecular flexibility index (Phi) is 5.70. The summed E-state index contributed by atoms with van der Waals surface area (Å²) in [7, 11) is 0. The summed E-state index contributed by atoms with van der Waals surface area (Å²) >= 11 is 0. The van der Waals surface area contributed by atoms with E-state index < -0.39 is 5.41 Å². The SMILES string of the molecule is CC(C)CC1(C)CC2(c3cc(O)cc(O)c31)c1cc(O)cc(O)c1C(C)(CC(C)C)C2C(C)C. The van der Waals surface area contributed by atoms with E-state index in [1.165, 1.54) is 12.1 Å². The predicted molar refractivity (Wildman–Crippen MR) is 137 cm³/mol. The summed E-state index contributed by atoms with van der Waals surface area (Å²) in [5.41, 5.74) is 2.54. The van der Waals surface area contributed by atoms with Crippen molar-refractivity contribution in [2.45, 2.75) is 90.9 Å². The second kappa shape index (κ2) is 7.83. The van der Waals surface area contributed by atoms with E-state index in [1.54, 1.807) is 0 Å². The van der Waals surface area contributed by atoms with Gasteiger partial charge in [0.15, 0.2) is 0 Å². The average Bonchev–Trinajstić information content (AvgIpc) is 2.99. The molecule has 0 saturated carbocycles. The number of rotatable bonds is 5. The molecule has 4 N–H and O–H groups in total. The van der Waals surface area contributed by atoms with Crippen molar-refractivity contribution < 1.29 is 20.4 Å². The molecule has 4 heteroatoms. The van der Waals surface area contributed by atoms with Gasteiger partial charge in [0.25, 0.3) is 0 Å². The Morgan fingerprint density at radius 2 is 1.21 bits per heavy atom. The standard InChI is InChI=1S/C30H42O4/c1-16(2)13-28(7)15-30(21-9-19(31)11-23(33)25(21)28)22-10-20(32)12-24(34)26(22)29(8,14-17(3)4)27(30)18(5)6/h9-12,16-18,27,31-34H,13-15H2,1-8H3. The maximum atomic E-state index is 11.3. The molecule has 4 atom stereocenters. The van der Waals surface area contributed by atoms with Crippen LogP contribution >= 0.6 is 0 Å². The molecule has 186 valence electrons. The first-order valence-electron chi connectivity index (χ1n) is 12.8. The molecule has 1 spiro atoms. The first-order valence-corrected chi connectivity index (χ1v) is 12.8. The van der Waals surface area contributed by atoms with E-state index in [0.29, 0.717) is 11.8 Å². The summed E-state index contributed by atoms with van der Waals surface area (Å²) in [6.07, 6.45) is 2.55. The highest BCUT2D eigenvalue weighted by molar-refractivity contribution is 5.68. The summed E-state index contributed by atoms with van der Waals surface area (Å²) in [4.78, 5) is 0. The summed E-state index contributed by atoms with van der Waals surface area (Å²) in [6, 6.07) is 6.60. The molecule has 0 aliphatic heterocycles. The minimum Gasteiger partial charge on any atom is -0.508 e. The van der Waals surface area contributed by atoms with Crippen molar-refractivity contribution in [1.82, 2.24) is 0 Å². The van der Waals surface area contributed by atoms with Crippen molar-refractivity contribution in [2.75, 3.05) is 0 Å². The van der Waals surface area contributed by atoms with Gasteiger partial charge in [-0.15, -0.1) is 0 Å². The number of phenols is 4. The highest BCUT2D eigenvalue weighted by atomic mass is 16.3. The molecule has 0 radical (unpaired) electrons. The maximum Gasteiger partial charge on any atom is 0.123 e. The van der Waals surface area contributed by atoms with E-state index in [0.717, 1.165) is 41.5 Å². The van der Waals surface area contributed by atoms with Crippen LogP contribution in [0, 0.1) is 23.7 Å². The minimum atomic E-state index is -0.543. The van der Waals surface area contributed by atoms with Gasteiger partial charge in [-0.3, -0.25) is 0 Å². The van der Waals surface area contributed by atoms with Crippen LogP contribution in [0.3, 0.4) is 0 Å². The predicted octanol–water partition coefficient (Wildman–Crippen LogP) is 7.09. The van der Waals surface area contributed by atoms with Gasteiger partial charge in [-0.1, -0.05) is 55.4 Å². The zero-order valence-corrected chi connectivity index (χ0v) is 22.0. The van der Waals surface area contributed by atoms with E-state index in [1.807, 2.05) is 12.1 Å². The molecule has 4 unspecified atom stereocenters. The van der Waals surface area contributed by atoms with E-state index in [2.05, 4.69) is 55.4 Å². The second-order valence-corrected chi connectivity index (χ2v) is 12.8. The Bertz CT molecular complexity index is 1100. The quantitative estimate of drug-likeness (QED) is 0.379. The number of hydrogen-bond donors (Lipinski definition) is 4. The molecule has 0 aromatic heterocycles. The molecule has 34 heavy (non-hydrogen) atoms. The third kappa shape index (κ3) is 3.31. The molecule has 0 saturated heterocycles. The first kappa shape index (κ1) is 24.8. The van der Waals surface area contributed by atoms with Crippen molar-refractivity contribution >= 4 is 0 Å². The molecule has 2 aromatic carbocycles. The van der Waals surface area contributed by atoms with Gasteiger partial charge >= 0.3 is 0 Å². The topological polar surface area (TPSA) is 80.9 Å². The molecular formula is C30H42O4. The van der Waals surface area contributed by atoms with Gasteiger partial charge in [-0.05, 0) is 71.6 Å². The summed E-state index contributed by atoms with van der Waals surface area (Å²) < 4.78 is 0. The van der Waals surface area contributed by atoms with Crippen LogP contribution in [0.2, 0.25) is 0 Å². The van der Waals surface area contributed by atoms with Gasteiger partial charge < -0.3 is 20.4 Å². The van der Waals surface area contributed by atoms with Gasteiger partial charge in [0.2, 0.25) is 0 Å². The molecule has 2 aromatic rings. The molecule has 2 aliphatic rings. The van der Waals surface area contributed by atoms with E-state index in [-0.39, 0.29) is 45.7 Å². The Morgan fingerprint density at radius 3 is 1.68 bits per heavy atom. The first-order chi connectivity index (χ1) is 15.7. The number of aromatic hydroxyl groups is 4. The third-order valence-corrected chi connectivity index (χ3v) is 8.58. The van der Waals surface area contributed by atoms with Crippen LogP contribution in [0.5, 0.6) is 23.0 Å². The zero-order valence-electron chi connectivity index (χ0n) is 22.0. The minimum absolute atomic E-state index is 0.0512. The van der Waals surface area contributed by atoms with E-state index >= 15 is 0 Å². The summed E-state index contributed by atoms with van der Waals surface area (Å²) in [6.45, 7) is 17.8. The monoisotopic (exact) mass is 466 g/mol. The number of benzene rings is 2. The van der Waals surface area contributed by atoms with Crippen LogP contribution in [0.15, 0.2) is 24.3 Å². The van der Waals surface area contributed by atoms with Crippen molar-refractivity contribution in [1.29, 1.82) is 0 Å². The third-order valence-electron chi connectivity index (χ3n) is 8.58. The fraction of sp³-hybridized carbons (Fsp3) is 0.600.